The van der Waals surface area contributed by atoms with Crippen molar-refractivity contribution in [3.05, 3.63) is 29.8 Å². The minimum atomic E-state index is 0.165. The number of benzene rings is 1. The van der Waals surface area contributed by atoms with E-state index in [1.807, 2.05) is 18.2 Å². The molecule has 0 fully saturated rings. The Bertz CT molecular complexity index is 344. The van der Waals surface area contributed by atoms with Gasteiger partial charge in [0.1, 0.15) is 11.5 Å². The van der Waals surface area contributed by atoms with Crippen molar-refractivity contribution >= 4 is 5.78 Å². The van der Waals surface area contributed by atoms with Gasteiger partial charge in [0, 0.05) is 6.42 Å². The normalized spacial score (nSPS) is 12.4. The van der Waals surface area contributed by atoms with Crippen molar-refractivity contribution in [3.8, 4) is 5.75 Å². The van der Waals surface area contributed by atoms with E-state index in [4.69, 9.17) is 0 Å². The summed E-state index contributed by atoms with van der Waals surface area (Å²) < 4.78 is 0. The van der Waals surface area contributed by atoms with Crippen molar-refractivity contribution in [2.45, 2.75) is 45.4 Å². The van der Waals surface area contributed by atoms with Gasteiger partial charge < -0.3 is 9.90 Å². The molecular weight excluding hydrogens is 200 g/mol. The van der Waals surface area contributed by atoms with Crippen molar-refractivity contribution in [1.82, 2.24) is 0 Å². The Morgan fingerprint density at radius 2 is 2.06 bits per heavy atom. The molecule has 1 atom stereocenters. The third-order valence-corrected chi connectivity index (χ3v) is 2.82. The van der Waals surface area contributed by atoms with Gasteiger partial charge in [-0.1, -0.05) is 38.0 Å². The third-order valence-electron chi connectivity index (χ3n) is 2.82. The second kappa shape index (κ2) is 6.31. The number of rotatable bonds is 6. The number of aromatic hydroxyl groups is 1. The lowest BCUT2D eigenvalue weighted by Gasteiger charge is -2.16. The molecule has 2 heteroatoms. The van der Waals surface area contributed by atoms with Crippen LogP contribution < -0.4 is 0 Å². The summed E-state index contributed by atoms with van der Waals surface area (Å²) in [6.45, 7) is 3.74. The van der Waals surface area contributed by atoms with Crippen molar-refractivity contribution in [2.24, 2.45) is 0 Å². The fraction of sp³-hybridized carbons (Fsp3) is 0.500. The van der Waals surface area contributed by atoms with Gasteiger partial charge in [0.05, 0.1) is 0 Å². The van der Waals surface area contributed by atoms with E-state index in [0.717, 1.165) is 24.8 Å². The number of para-hydroxylation sites is 1. The van der Waals surface area contributed by atoms with Crippen LogP contribution in [0.1, 0.15) is 51.0 Å². The Morgan fingerprint density at radius 3 is 2.62 bits per heavy atom. The van der Waals surface area contributed by atoms with Crippen LogP contribution in [-0.4, -0.2) is 10.9 Å². The molecule has 16 heavy (non-hydrogen) atoms. The molecule has 1 rings (SSSR count). The van der Waals surface area contributed by atoms with Crippen molar-refractivity contribution in [2.75, 3.05) is 0 Å². The van der Waals surface area contributed by atoms with Gasteiger partial charge in [-0.2, -0.15) is 0 Å². The summed E-state index contributed by atoms with van der Waals surface area (Å²) in [7, 11) is 0. The molecule has 0 spiro atoms. The largest absolute Gasteiger partial charge is 0.508 e. The van der Waals surface area contributed by atoms with E-state index < -0.39 is 0 Å². The number of carbonyl (C=O) groups excluding carboxylic acids is 1. The predicted molar refractivity (Wildman–Crippen MR) is 65.7 cm³/mol. The lowest BCUT2D eigenvalue weighted by atomic mass is 9.89. The first-order chi connectivity index (χ1) is 7.65. The lowest BCUT2D eigenvalue weighted by Crippen LogP contribution is -2.04. The van der Waals surface area contributed by atoms with Crippen molar-refractivity contribution in [3.63, 3.8) is 0 Å². The molecular formula is C14H20O2. The van der Waals surface area contributed by atoms with Crippen LogP contribution in [0.15, 0.2) is 24.3 Å². The topological polar surface area (TPSA) is 37.3 Å². The standard InChI is InChI=1S/C14H20O2/c1-3-4-7-12(10-11(2)15)13-8-5-6-9-14(13)16/h5-6,8-9,12,16H,3-4,7,10H2,1-2H3/t12-/m0/s1. The zero-order valence-corrected chi connectivity index (χ0v) is 10.1. The highest BCUT2D eigenvalue weighted by molar-refractivity contribution is 5.76. The molecule has 0 heterocycles. The lowest BCUT2D eigenvalue weighted by molar-refractivity contribution is -0.117. The fourth-order valence-corrected chi connectivity index (χ4v) is 2.00. The van der Waals surface area contributed by atoms with Gasteiger partial charge in [0.15, 0.2) is 0 Å². The molecule has 0 aliphatic heterocycles. The molecule has 0 amide bonds. The molecule has 88 valence electrons. The number of hydrogen-bond donors (Lipinski definition) is 1. The molecule has 0 saturated heterocycles. The summed E-state index contributed by atoms with van der Waals surface area (Å²) in [5.41, 5.74) is 0.908. The predicted octanol–water partition coefficient (Wildman–Crippen LogP) is 3.65. The Labute approximate surface area is 97.3 Å². The van der Waals surface area contributed by atoms with Crippen LogP contribution in [0.3, 0.4) is 0 Å². The molecule has 1 aromatic rings. The van der Waals surface area contributed by atoms with Gasteiger partial charge in [0.25, 0.3) is 0 Å². The molecule has 0 aliphatic carbocycles. The summed E-state index contributed by atoms with van der Waals surface area (Å²) in [4.78, 5) is 11.2. The van der Waals surface area contributed by atoms with E-state index in [2.05, 4.69) is 6.92 Å². The first kappa shape index (κ1) is 12.8. The van der Waals surface area contributed by atoms with E-state index >= 15 is 0 Å². The zero-order chi connectivity index (χ0) is 12.0. The Morgan fingerprint density at radius 1 is 1.38 bits per heavy atom. The number of phenols is 1. The van der Waals surface area contributed by atoms with E-state index in [9.17, 15) is 9.90 Å². The fourth-order valence-electron chi connectivity index (χ4n) is 2.00. The Kier molecular flexibility index (Phi) is 5.03. The molecule has 0 radical (unpaired) electrons. The first-order valence-corrected chi connectivity index (χ1v) is 5.92. The average molecular weight is 220 g/mol. The highest BCUT2D eigenvalue weighted by Gasteiger charge is 2.16. The summed E-state index contributed by atoms with van der Waals surface area (Å²) in [6, 6.07) is 7.32. The maximum Gasteiger partial charge on any atom is 0.130 e. The zero-order valence-electron chi connectivity index (χ0n) is 10.1. The summed E-state index contributed by atoms with van der Waals surface area (Å²) >= 11 is 0. The number of Topliss-reactive ketones (excluding diaryl/α,β-unsaturated/α-hetero) is 1. The van der Waals surface area contributed by atoms with Gasteiger partial charge in [0.2, 0.25) is 0 Å². The number of ketones is 1. The van der Waals surface area contributed by atoms with Crippen molar-refractivity contribution < 1.29 is 9.90 Å². The maximum atomic E-state index is 11.2. The van der Waals surface area contributed by atoms with Crippen molar-refractivity contribution in [1.29, 1.82) is 0 Å². The van der Waals surface area contributed by atoms with Gasteiger partial charge in [-0.3, -0.25) is 0 Å². The Hall–Kier alpha value is -1.31. The van der Waals surface area contributed by atoms with Gasteiger partial charge >= 0.3 is 0 Å². The minimum Gasteiger partial charge on any atom is -0.508 e. The van der Waals surface area contributed by atoms with Gasteiger partial charge in [-0.15, -0.1) is 0 Å². The molecule has 0 aliphatic rings. The number of phenolic OH excluding ortho intramolecular Hbond substituents is 1. The number of unbranched alkanes of at least 4 members (excludes halogenated alkanes) is 1. The van der Waals surface area contributed by atoms with Gasteiger partial charge in [-0.25, -0.2) is 0 Å². The van der Waals surface area contributed by atoms with Crippen LogP contribution in [0, 0.1) is 0 Å². The quantitative estimate of drug-likeness (QED) is 0.794. The SMILES string of the molecule is CCCC[C@@H](CC(C)=O)c1ccccc1O. The molecule has 2 nitrogen and oxygen atoms in total. The number of hydrogen-bond acceptors (Lipinski definition) is 2. The maximum absolute atomic E-state index is 11.2. The Balaban J connectivity index is 2.82. The van der Waals surface area contributed by atoms with E-state index in [1.54, 1.807) is 13.0 Å². The van der Waals surface area contributed by atoms with E-state index in [0.29, 0.717) is 12.2 Å². The van der Waals surface area contributed by atoms with Crippen LogP contribution in [0.5, 0.6) is 5.75 Å². The van der Waals surface area contributed by atoms with Crippen LogP contribution in [0.25, 0.3) is 0 Å². The molecule has 0 saturated carbocycles. The molecule has 0 aromatic heterocycles. The highest BCUT2D eigenvalue weighted by atomic mass is 16.3. The molecule has 0 unspecified atom stereocenters. The minimum absolute atomic E-state index is 0.165. The third kappa shape index (κ3) is 3.69. The second-order valence-corrected chi connectivity index (χ2v) is 4.30. The molecule has 1 N–H and O–H groups in total. The summed E-state index contributed by atoms with van der Waals surface area (Å²) in [5.74, 6) is 0.660. The number of carbonyl (C=O) groups is 1. The average Bonchev–Trinajstić information content (AvgIpc) is 2.24. The van der Waals surface area contributed by atoms with Gasteiger partial charge in [-0.05, 0) is 30.9 Å². The highest BCUT2D eigenvalue weighted by Crippen LogP contribution is 2.32. The second-order valence-electron chi connectivity index (χ2n) is 4.30. The molecule has 1 aromatic carbocycles. The van der Waals surface area contributed by atoms with E-state index in [1.165, 1.54) is 0 Å². The summed E-state index contributed by atoms with van der Waals surface area (Å²) in [6.07, 6.45) is 3.69. The first-order valence-electron chi connectivity index (χ1n) is 5.92. The smallest absolute Gasteiger partial charge is 0.130 e. The van der Waals surface area contributed by atoms with Crippen LogP contribution in [0.4, 0.5) is 0 Å². The summed E-state index contributed by atoms with van der Waals surface area (Å²) in [5, 5.41) is 9.78. The monoisotopic (exact) mass is 220 g/mol. The van der Waals surface area contributed by atoms with Crippen LogP contribution >= 0.6 is 0 Å². The van der Waals surface area contributed by atoms with E-state index in [-0.39, 0.29) is 11.7 Å². The van der Waals surface area contributed by atoms with Crippen LogP contribution in [-0.2, 0) is 4.79 Å². The van der Waals surface area contributed by atoms with Crippen LogP contribution in [0.2, 0.25) is 0 Å². The molecule has 0 bridgehead atoms.